The third-order valence-corrected chi connectivity index (χ3v) is 5.54. The van der Waals surface area contributed by atoms with Crippen molar-refractivity contribution in [1.29, 1.82) is 0 Å². The van der Waals surface area contributed by atoms with E-state index in [1.165, 1.54) is 24.3 Å². The molecule has 3 rings (SSSR count). The van der Waals surface area contributed by atoms with E-state index < -0.39 is 23.3 Å². The van der Waals surface area contributed by atoms with Gasteiger partial charge in [-0.25, -0.2) is 17.6 Å². The van der Waals surface area contributed by atoms with Crippen molar-refractivity contribution in [1.82, 2.24) is 0 Å². The van der Waals surface area contributed by atoms with Gasteiger partial charge in [0.2, 0.25) is 0 Å². The minimum absolute atomic E-state index is 0.0393. The average Bonchev–Trinajstić information content (AvgIpc) is 2.72. The summed E-state index contributed by atoms with van der Waals surface area (Å²) in [5.41, 5.74) is 2.60. The lowest BCUT2D eigenvalue weighted by Crippen LogP contribution is -1.95. The largest absolute Gasteiger partial charge is 0.206 e. The van der Waals surface area contributed by atoms with Gasteiger partial charge < -0.3 is 0 Å². The Hall–Kier alpha value is -3.15. The Kier molecular flexibility index (Phi) is 7.67. The Bertz CT molecular complexity index is 1240. The number of hydrogen-bond donors (Lipinski definition) is 0. The number of hydrogen-bond acceptors (Lipinski definition) is 1. The van der Waals surface area contributed by atoms with Gasteiger partial charge >= 0.3 is 0 Å². The van der Waals surface area contributed by atoms with Crippen molar-refractivity contribution in [3.63, 3.8) is 0 Å². The van der Waals surface area contributed by atoms with Crippen molar-refractivity contribution in [2.24, 2.45) is 0 Å². The number of rotatable bonds is 3. The van der Waals surface area contributed by atoms with E-state index in [4.69, 9.17) is 0 Å². The SMILES string of the molecule is CCCc1cc(F)c(C#Cc2ccc(C#Cc3cc(F)c(SC)c(F)c3)c(C)c2)c(F)c1. The topological polar surface area (TPSA) is 0 Å². The van der Waals surface area contributed by atoms with Crippen LogP contribution in [0.2, 0.25) is 0 Å². The zero-order valence-electron chi connectivity index (χ0n) is 17.9. The van der Waals surface area contributed by atoms with Crippen LogP contribution in [0.5, 0.6) is 0 Å². The fourth-order valence-electron chi connectivity index (χ4n) is 3.16. The Morgan fingerprint density at radius 3 is 1.94 bits per heavy atom. The highest BCUT2D eigenvalue weighted by Crippen LogP contribution is 2.24. The molecule has 162 valence electrons. The van der Waals surface area contributed by atoms with Crippen LogP contribution in [-0.4, -0.2) is 6.26 Å². The maximum absolute atomic E-state index is 14.2. The summed E-state index contributed by atoms with van der Waals surface area (Å²) in [7, 11) is 0. The molecule has 0 bridgehead atoms. The van der Waals surface area contributed by atoms with E-state index in [2.05, 4.69) is 23.7 Å². The van der Waals surface area contributed by atoms with Crippen molar-refractivity contribution >= 4 is 11.8 Å². The van der Waals surface area contributed by atoms with Crippen LogP contribution < -0.4 is 0 Å². The quantitative estimate of drug-likeness (QED) is 0.234. The molecule has 5 heteroatoms. The summed E-state index contributed by atoms with van der Waals surface area (Å²) in [4.78, 5) is -0.0393. The summed E-state index contributed by atoms with van der Waals surface area (Å²) < 4.78 is 56.3. The van der Waals surface area contributed by atoms with E-state index in [0.29, 0.717) is 23.1 Å². The molecule has 0 saturated carbocycles. The summed E-state index contributed by atoms with van der Waals surface area (Å²) in [6, 6.07) is 10.2. The second-order valence-corrected chi connectivity index (χ2v) is 8.00. The molecule has 0 saturated heterocycles. The predicted molar refractivity (Wildman–Crippen MR) is 122 cm³/mol. The summed E-state index contributed by atoms with van der Waals surface area (Å²) >= 11 is 0.999. The molecule has 0 heterocycles. The van der Waals surface area contributed by atoms with Crippen molar-refractivity contribution in [2.75, 3.05) is 6.26 Å². The van der Waals surface area contributed by atoms with Gasteiger partial charge in [0.1, 0.15) is 23.3 Å². The first-order valence-electron chi connectivity index (χ1n) is 9.98. The maximum atomic E-state index is 14.2. The number of thioether (sulfide) groups is 1. The highest BCUT2D eigenvalue weighted by Gasteiger charge is 2.10. The molecule has 0 amide bonds. The van der Waals surface area contributed by atoms with E-state index in [0.717, 1.165) is 23.7 Å². The summed E-state index contributed by atoms with van der Waals surface area (Å²) in [5.74, 6) is 8.38. The van der Waals surface area contributed by atoms with E-state index in [-0.39, 0.29) is 16.0 Å². The zero-order chi connectivity index (χ0) is 23.3. The smallest absolute Gasteiger partial charge is 0.142 e. The first-order valence-corrected chi connectivity index (χ1v) is 11.2. The first-order chi connectivity index (χ1) is 15.3. The van der Waals surface area contributed by atoms with Gasteiger partial charge in [0.25, 0.3) is 0 Å². The molecule has 0 aliphatic heterocycles. The van der Waals surface area contributed by atoms with E-state index in [9.17, 15) is 17.6 Å². The summed E-state index contributed by atoms with van der Waals surface area (Å²) in [5, 5.41) is 0. The van der Waals surface area contributed by atoms with Gasteiger partial charge in [-0.1, -0.05) is 37.0 Å². The zero-order valence-corrected chi connectivity index (χ0v) is 18.7. The Labute approximate surface area is 190 Å². The molecule has 0 radical (unpaired) electrons. The van der Waals surface area contributed by atoms with Gasteiger partial charge in [-0.3, -0.25) is 0 Å². The molecular formula is C27H20F4S. The number of aryl methyl sites for hydroxylation is 2. The Morgan fingerprint density at radius 1 is 0.750 bits per heavy atom. The highest BCUT2D eigenvalue weighted by atomic mass is 32.2. The van der Waals surface area contributed by atoms with Crippen molar-refractivity contribution in [3.8, 4) is 23.7 Å². The molecule has 0 N–H and O–H groups in total. The molecule has 0 spiro atoms. The van der Waals surface area contributed by atoms with Gasteiger partial charge in [-0.15, -0.1) is 11.8 Å². The lowest BCUT2D eigenvalue weighted by atomic mass is 10.0. The standard InChI is InChI=1S/C27H20F4S/c1-4-5-19-13-23(28)22(24(29)14-19)11-8-18-6-9-21(17(2)12-18)10-7-20-15-25(30)27(32-3)26(31)16-20/h6,9,12-16H,4-5H2,1-3H3. The Morgan fingerprint density at radius 2 is 1.38 bits per heavy atom. The first kappa shape index (κ1) is 23.5. The van der Waals surface area contributed by atoms with Crippen LogP contribution in [-0.2, 0) is 6.42 Å². The van der Waals surface area contributed by atoms with Gasteiger partial charge in [-0.2, -0.15) is 0 Å². The fraction of sp³-hybridized carbons (Fsp3) is 0.185. The second-order valence-electron chi connectivity index (χ2n) is 7.19. The Balaban J connectivity index is 1.85. The second kappa shape index (κ2) is 10.4. The average molecular weight is 453 g/mol. The summed E-state index contributed by atoms with van der Waals surface area (Å²) in [6.07, 6.45) is 3.00. The van der Waals surface area contributed by atoms with Gasteiger partial charge in [0.05, 0.1) is 10.5 Å². The van der Waals surface area contributed by atoms with Gasteiger partial charge in [-0.05, 0) is 73.2 Å². The minimum Gasteiger partial charge on any atom is -0.206 e. The van der Waals surface area contributed by atoms with Crippen molar-refractivity contribution in [3.05, 3.63) is 99.1 Å². The molecule has 3 aromatic carbocycles. The van der Waals surface area contributed by atoms with E-state index in [1.54, 1.807) is 24.5 Å². The van der Waals surface area contributed by atoms with Crippen LogP contribution in [0.4, 0.5) is 17.6 Å². The van der Waals surface area contributed by atoms with Crippen LogP contribution in [0.1, 0.15) is 46.7 Å². The molecular weight excluding hydrogens is 432 g/mol. The third-order valence-electron chi connectivity index (χ3n) is 4.74. The summed E-state index contributed by atoms with van der Waals surface area (Å²) in [6.45, 7) is 3.76. The van der Waals surface area contributed by atoms with Gasteiger partial charge in [0.15, 0.2) is 0 Å². The van der Waals surface area contributed by atoms with Gasteiger partial charge in [0, 0.05) is 16.7 Å². The fourth-order valence-corrected chi connectivity index (χ4v) is 3.67. The molecule has 32 heavy (non-hydrogen) atoms. The van der Waals surface area contributed by atoms with E-state index in [1.807, 2.05) is 13.8 Å². The van der Waals surface area contributed by atoms with Crippen LogP contribution >= 0.6 is 11.8 Å². The normalized spacial score (nSPS) is 10.2. The lowest BCUT2D eigenvalue weighted by molar-refractivity contribution is 0.540. The lowest BCUT2D eigenvalue weighted by Gasteiger charge is -2.03. The van der Waals surface area contributed by atoms with Crippen LogP contribution in [0.15, 0.2) is 47.4 Å². The molecule has 0 unspecified atom stereocenters. The van der Waals surface area contributed by atoms with E-state index >= 15 is 0 Å². The number of benzene rings is 3. The molecule has 0 atom stereocenters. The van der Waals surface area contributed by atoms with Crippen LogP contribution in [0.3, 0.4) is 0 Å². The molecule has 0 aliphatic carbocycles. The van der Waals surface area contributed by atoms with Crippen molar-refractivity contribution in [2.45, 2.75) is 31.6 Å². The number of halogens is 4. The molecule has 0 aromatic heterocycles. The highest BCUT2D eigenvalue weighted by molar-refractivity contribution is 7.98. The van der Waals surface area contributed by atoms with Crippen LogP contribution in [0, 0.1) is 53.9 Å². The predicted octanol–water partition coefficient (Wildman–Crippen LogP) is 7.03. The van der Waals surface area contributed by atoms with Crippen molar-refractivity contribution < 1.29 is 17.6 Å². The molecule has 0 aliphatic rings. The molecule has 3 aromatic rings. The molecule has 0 nitrogen and oxygen atoms in total. The van der Waals surface area contributed by atoms with Crippen LogP contribution in [0.25, 0.3) is 0 Å². The molecule has 0 fully saturated rings. The monoisotopic (exact) mass is 452 g/mol. The minimum atomic E-state index is -0.674. The maximum Gasteiger partial charge on any atom is 0.142 e. The third kappa shape index (κ3) is 5.55.